The van der Waals surface area contributed by atoms with E-state index in [1.54, 1.807) is 31.5 Å². The fourth-order valence-corrected chi connectivity index (χ4v) is 4.15. The molecule has 1 aliphatic rings. The molecule has 1 saturated carbocycles. The summed E-state index contributed by atoms with van der Waals surface area (Å²) in [6.45, 7) is 4.66. The van der Waals surface area contributed by atoms with Crippen LogP contribution in [0, 0.1) is 25.6 Å². The number of rotatable bonds is 6. The fourth-order valence-electron chi connectivity index (χ4n) is 4.15. The molecule has 0 atom stereocenters. The second kappa shape index (κ2) is 9.56. The summed E-state index contributed by atoms with van der Waals surface area (Å²) in [7, 11) is 0. The molecule has 4 rings (SSSR count). The van der Waals surface area contributed by atoms with Gasteiger partial charge in [-0.2, -0.15) is 5.10 Å². The van der Waals surface area contributed by atoms with E-state index in [-0.39, 0.29) is 11.7 Å². The van der Waals surface area contributed by atoms with Gasteiger partial charge in [0, 0.05) is 30.4 Å². The minimum absolute atomic E-state index is 0.260. The number of aryl methyl sites for hydroxylation is 2. The van der Waals surface area contributed by atoms with Gasteiger partial charge in [0.2, 0.25) is 0 Å². The van der Waals surface area contributed by atoms with Crippen LogP contribution in [0.15, 0.2) is 36.7 Å². The number of pyridine rings is 1. The van der Waals surface area contributed by atoms with Crippen LogP contribution in [-0.2, 0) is 13.1 Å². The standard InChI is InChI=1S/C24H29FN6O/c1-15-9-18(5-8-21(15)25)12-27-24(32)22-11-19(10-16(2)29-22)23-28-14-31(30-23)13-17-3-6-20(26)7-4-17/h5,8-11,14,17,20H,3-4,6-7,12-13,26H2,1-2H3,(H,27,32)/t17-,20-. The molecule has 0 aliphatic heterocycles. The summed E-state index contributed by atoms with van der Waals surface area (Å²) < 4.78 is 15.3. The van der Waals surface area contributed by atoms with Crippen LogP contribution in [0.3, 0.4) is 0 Å². The summed E-state index contributed by atoms with van der Waals surface area (Å²) in [4.78, 5) is 21.5. The first-order valence-corrected chi connectivity index (χ1v) is 11.0. The molecule has 0 radical (unpaired) electrons. The number of hydrogen-bond acceptors (Lipinski definition) is 5. The second-order valence-corrected chi connectivity index (χ2v) is 8.72. The topological polar surface area (TPSA) is 98.7 Å². The highest BCUT2D eigenvalue weighted by atomic mass is 19.1. The third kappa shape index (κ3) is 5.37. The summed E-state index contributed by atoms with van der Waals surface area (Å²) in [5.41, 5.74) is 9.14. The van der Waals surface area contributed by atoms with Crippen LogP contribution in [0.25, 0.3) is 11.4 Å². The van der Waals surface area contributed by atoms with Crippen LogP contribution in [0.4, 0.5) is 4.39 Å². The Labute approximate surface area is 187 Å². The first-order chi connectivity index (χ1) is 15.4. The van der Waals surface area contributed by atoms with Gasteiger partial charge in [-0.15, -0.1) is 0 Å². The van der Waals surface area contributed by atoms with E-state index >= 15 is 0 Å². The molecule has 3 N–H and O–H groups in total. The van der Waals surface area contributed by atoms with E-state index in [2.05, 4.69) is 20.4 Å². The molecule has 1 amide bonds. The van der Waals surface area contributed by atoms with Gasteiger partial charge in [0.1, 0.15) is 17.8 Å². The molecule has 0 bridgehead atoms. The lowest BCUT2D eigenvalue weighted by Gasteiger charge is -2.25. The number of halogens is 1. The smallest absolute Gasteiger partial charge is 0.270 e. The molecule has 7 nitrogen and oxygen atoms in total. The molecule has 8 heteroatoms. The van der Waals surface area contributed by atoms with Crippen LogP contribution in [0.2, 0.25) is 0 Å². The molecule has 32 heavy (non-hydrogen) atoms. The van der Waals surface area contributed by atoms with Crippen LogP contribution in [0.1, 0.15) is 53.0 Å². The predicted octanol–water partition coefficient (Wildman–Crippen LogP) is 3.54. The predicted molar refractivity (Wildman–Crippen MR) is 120 cm³/mol. The number of nitrogens with one attached hydrogen (secondary N) is 1. The van der Waals surface area contributed by atoms with E-state index in [4.69, 9.17) is 5.73 Å². The van der Waals surface area contributed by atoms with Crippen molar-refractivity contribution >= 4 is 5.91 Å². The molecule has 2 heterocycles. The third-order valence-electron chi connectivity index (χ3n) is 5.99. The van der Waals surface area contributed by atoms with Crippen LogP contribution in [-0.4, -0.2) is 31.7 Å². The van der Waals surface area contributed by atoms with Gasteiger partial charge >= 0.3 is 0 Å². The second-order valence-electron chi connectivity index (χ2n) is 8.72. The van der Waals surface area contributed by atoms with Crippen molar-refractivity contribution in [2.24, 2.45) is 11.7 Å². The number of nitrogens with two attached hydrogens (primary N) is 1. The summed E-state index contributed by atoms with van der Waals surface area (Å²) in [5.74, 6) is 0.588. The monoisotopic (exact) mass is 436 g/mol. The molecule has 3 aromatic rings. The Bertz CT molecular complexity index is 1100. The summed E-state index contributed by atoms with van der Waals surface area (Å²) in [6, 6.07) is 8.70. The Kier molecular flexibility index (Phi) is 6.60. The van der Waals surface area contributed by atoms with Crippen LogP contribution in [0.5, 0.6) is 0 Å². The third-order valence-corrected chi connectivity index (χ3v) is 5.99. The van der Waals surface area contributed by atoms with E-state index < -0.39 is 0 Å². The minimum atomic E-state index is -0.296. The Hall–Kier alpha value is -3.13. The van der Waals surface area contributed by atoms with Gasteiger partial charge in [-0.25, -0.2) is 14.4 Å². The zero-order valence-electron chi connectivity index (χ0n) is 18.5. The summed E-state index contributed by atoms with van der Waals surface area (Å²) in [6.07, 6.45) is 6.10. The average molecular weight is 437 g/mol. The van der Waals surface area contributed by atoms with Crippen molar-refractivity contribution in [3.8, 4) is 11.4 Å². The van der Waals surface area contributed by atoms with Gasteiger partial charge in [-0.1, -0.05) is 12.1 Å². The molecule has 0 spiro atoms. The molecule has 1 fully saturated rings. The number of hydrogen-bond donors (Lipinski definition) is 2. The largest absolute Gasteiger partial charge is 0.347 e. The van der Waals surface area contributed by atoms with Gasteiger partial charge in [-0.05, 0) is 74.8 Å². The SMILES string of the molecule is Cc1cc(-c2ncn(C[C@H]3CC[C@H](N)CC3)n2)cc(C(=O)NCc2ccc(F)c(C)c2)n1. The lowest BCUT2D eigenvalue weighted by molar-refractivity contribution is 0.0945. The Morgan fingerprint density at radius 3 is 2.72 bits per heavy atom. The van der Waals surface area contributed by atoms with Crippen molar-refractivity contribution in [3.05, 3.63) is 65.0 Å². The van der Waals surface area contributed by atoms with E-state index in [0.29, 0.717) is 41.3 Å². The Morgan fingerprint density at radius 2 is 1.97 bits per heavy atom. The number of carbonyl (C=O) groups excluding carboxylic acids is 1. The summed E-state index contributed by atoms with van der Waals surface area (Å²) >= 11 is 0. The number of amides is 1. The molecule has 2 aromatic heterocycles. The average Bonchev–Trinajstić information content (AvgIpc) is 3.24. The quantitative estimate of drug-likeness (QED) is 0.616. The maximum absolute atomic E-state index is 13.4. The maximum Gasteiger partial charge on any atom is 0.270 e. The minimum Gasteiger partial charge on any atom is -0.347 e. The molecule has 1 aliphatic carbocycles. The van der Waals surface area contributed by atoms with Crippen molar-refractivity contribution in [2.45, 2.75) is 58.7 Å². The van der Waals surface area contributed by atoms with E-state index in [9.17, 15) is 9.18 Å². The normalized spacial score (nSPS) is 18.5. The molecule has 0 unspecified atom stereocenters. The highest BCUT2D eigenvalue weighted by Crippen LogP contribution is 2.25. The van der Waals surface area contributed by atoms with Gasteiger partial charge < -0.3 is 11.1 Å². The van der Waals surface area contributed by atoms with Gasteiger partial charge in [0.05, 0.1) is 0 Å². The maximum atomic E-state index is 13.4. The van der Waals surface area contributed by atoms with Gasteiger partial charge in [0.15, 0.2) is 5.82 Å². The highest BCUT2D eigenvalue weighted by molar-refractivity contribution is 5.93. The molecule has 0 saturated heterocycles. The van der Waals surface area contributed by atoms with Gasteiger partial charge in [0.25, 0.3) is 5.91 Å². The van der Waals surface area contributed by atoms with Crippen molar-refractivity contribution in [2.75, 3.05) is 0 Å². The summed E-state index contributed by atoms with van der Waals surface area (Å²) in [5, 5.41) is 7.48. The van der Waals surface area contributed by atoms with Crippen LogP contribution < -0.4 is 11.1 Å². The first-order valence-electron chi connectivity index (χ1n) is 11.0. The van der Waals surface area contributed by atoms with Crippen molar-refractivity contribution in [1.29, 1.82) is 0 Å². The highest BCUT2D eigenvalue weighted by Gasteiger charge is 2.20. The number of carbonyl (C=O) groups is 1. The Morgan fingerprint density at radius 1 is 1.19 bits per heavy atom. The first kappa shape index (κ1) is 22.1. The van der Waals surface area contributed by atoms with Crippen LogP contribution >= 0.6 is 0 Å². The molecule has 168 valence electrons. The Balaban J connectivity index is 1.43. The van der Waals surface area contributed by atoms with E-state index in [0.717, 1.165) is 43.4 Å². The zero-order chi connectivity index (χ0) is 22.7. The number of nitrogens with zero attached hydrogens (tertiary/aromatic N) is 4. The molecular weight excluding hydrogens is 407 g/mol. The van der Waals surface area contributed by atoms with E-state index in [1.807, 2.05) is 17.7 Å². The number of aromatic nitrogens is 4. The van der Waals surface area contributed by atoms with E-state index in [1.165, 1.54) is 6.07 Å². The van der Waals surface area contributed by atoms with Crippen molar-refractivity contribution < 1.29 is 9.18 Å². The molecular formula is C24H29FN6O. The lowest BCUT2D eigenvalue weighted by Crippen LogP contribution is -2.28. The lowest BCUT2D eigenvalue weighted by atomic mass is 9.86. The van der Waals surface area contributed by atoms with Crippen molar-refractivity contribution in [1.82, 2.24) is 25.1 Å². The zero-order valence-corrected chi connectivity index (χ0v) is 18.5. The fraction of sp³-hybridized carbons (Fsp3) is 0.417. The van der Waals surface area contributed by atoms with Gasteiger partial charge in [-0.3, -0.25) is 9.48 Å². The van der Waals surface area contributed by atoms with Crippen molar-refractivity contribution in [3.63, 3.8) is 0 Å². The number of benzene rings is 1. The molecule has 1 aromatic carbocycles.